The van der Waals surface area contributed by atoms with Gasteiger partial charge in [-0.25, -0.2) is 4.79 Å². The van der Waals surface area contributed by atoms with Gasteiger partial charge in [-0.2, -0.15) is 0 Å². The van der Waals surface area contributed by atoms with Crippen molar-refractivity contribution in [3.8, 4) is 0 Å². The third kappa shape index (κ3) is 3.72. The second-order valence-electron chi connectivity index (χ2n) is 6.86. The molecule has 1 aliphatic carbocycles. The highest BCUT2D eigenvalue weighted by Gasteiger charge is 2.45. The molecule has 0 spiro atoms. The molecular formula is C16H23ClN2O3. The minimum absolute atomic E-state index is 0.325. The Morgan fingerprint density at radius 3 is 2.64 bits per heavy atom. The first-order valence-corrected chi connectivity index (χ1v) is 7.71. The third-order valence-corrected chi connectivity index (χ3v) is 4.07. The van der Waals surface area contributed by atoms with E-state index in [0.29, 0.717) is 30.1 Å². The van der Waals surface area contributed by atoms with Crippen LogP contribution in [0.15, 0.2) is 18.2 Å². The minimum Gasteiger partial charge on any atom is -0.444 e. The van der Waals surface area contributed by atoms with E-state index in [9.17, 15) is 9.90 Å². The number of aliphatic hydroxyl groups excluding tert-OH is 1. The first-order valence-electron chi connectivity index (χ1n) is 7.33. The summed E-state index contributed by atoms with van der Waals surface area (Å²) in [5.74, 6) is 0. The molecule has 0 aliphatic heterocycles. The van der Waals surface area contributed by atoms with Crippen molar-refractivity contribution in [1.82, 2.24) is 0 Å². The van der Waals surface area contributed by atoms with Crippen LogP contribution in [-0.4, -0.2) is 29.4 Å². The molecule has 1 amide bonds. The van der Waals surface area contributed by atoms with Crippen LogP contribution in [0, 0.1) is 0 Å². The Balaban J connectivity index is 2.27. The lowest BCUT2D eigenvalue weighted by Gasteiger charge is -2.46. The smallest absolute Gasteiger partial charge is 0.412 e. The summed E-state index contributed by atoms with van der Waals surface area (Å²) in [5, 5.41) is 12.9. The van der Waals surface area contributed by atoms with E-state index < -0.39 is 11.7 Å². The van der Waals surface area contributed by atoms with Gasteiger partial charge >= 0.3 is 6.09 Å². The zero-order valence-electron chi connectivity index (χ0n) is 13.1. The van der Waals surface area contributed by atoms with Crippen LogP contribution in [-0.2, 0) is 10.2 Å². The molecule has 6 heteroatoms. The van der Waals surface area contributed by atoms with E-state index in [-0.39, 0.29) is 11.5 Å². The number of ether oxygens (including phenoxy) is 1. The number of carbonyl (C=O) groups excluding carboxylic acids is 1. The summed E-state index contributed by atoms with van der Waals surface area (Å²) >= 11 is 6.04. The van der Waals surface area contributed by atoms with E-state index in [1.807, 2.05) is 6.07 Å². The Hall–Kier alpha value is -1.30. The first-order chi connectivity index (χ1) is 10.1. The average molecular weight is 327 g/mol. The maximum atomic E-state index is 12.0. The van der Waals surface area contributed by atoms with Crippen molar-refractivity contribution in [1.29, 1.82) is 0 Å². The van der Waals surface area contributed by atoms with Crippen LogP contribution >= 0.6 is 11.6 Å². The topological polar surface area (TPSA) is 84.6 Å². The van der Waals surface area contributed by atoms with Crippen molar-refractivity contribution in [3.63, 3.8) is 0 Å². The molecule has 22 heavy (non-hydrogen) atoms. The largest absolute Gasteiger partial charge is 0.444 e. The molecule has 122 valence electrons. The summed E-state index contributed by atoms with van der Waals surface area (Å²) in [6.07, 6.45) is 0.263. The highest BCUT2D eigenvalue weighted by atomic mass is 35.5. The fourth-order valence-corrected chi connectivity index (χ4v) is 3.01. The molecule has 1 aromatic rings. The number of carbonyl (C=O) groups is 1. The van der Waals surface area contributed by atoms with E-state index in [1.54, 1.807) is 32.9 Å². The van der Waals surface area contributed by atoms with Gasteiger partial charge in [0.25, 0.3) is 0 Å². The van der Waals surface area contributed by atoms with Crippen molar-refractivity contribution in [2.75, 3.05) is 11.9 Å². The molecule has 0 saturated heterocycles. The number of benzene rings is 1. The Morgan fingerprint density at radius 2 is 2.14 bits per heavy atom. The fourth-order valence-electron chi connectivity index (χ4n) is 2.83. The number of anilines is 1. The molecule has 0 heterocycles. The van der Waals surface area contributed by atoms with Gasteiger partial charge < -0.3 is 15.6 Å². The van der Waals surface area contributed by atoms with Crippen LogP contribution in [0.4, 0.5) is 10.5 Å². The molecule has 4 N–H and O–H groups in total. The van der Waals surface area contributed by atoms with Gasteiger partial charge in [-0.15, -0.1) is 0 Å². The lowest BCUT2D eigenvalue weighted by molar-refractivity contribution is 0.0225. The summed E-state index contributed by atoms with van der Waals surface area (Å²) in [5.41, 5.74) is 6.47. The normalized spacial score (nSPS) is 24.5. The van der Waals surface area contributed by atoms with E-state index in [1.165, 1.54) is 0 Å². The van der Waals surface area contributed by atoms with Crippen molar-refractivity contribution in [3.05, 3.63) is 28.8 Å². The van der Waals surface area contributed by atoms with E-state index in [4.69, 9.17) is 22.1 Å². The summed E-state index contributed by atoms with van der Waals surface area (Å²) in [6, 6.07) is 5.30. The molecule has 0 unspecified atom stereocenters. The van der Waals surface area contributed by atoms with Gasteiger partial charge in [-0.3, -0.25) is 5.32 Å². The van der Waals surface area contributed by atoms with E-state index >= 15 is 0 Å². The summed E-state index contributed by atoms with van der Waals surface area (Å²) in [7, 11) is 0. The highest BCUT2D eigenvalue weighted by molar-refractivity contribution is 6.31. The van der Waals surface area contributed by atoms with Gasteiger partial charge in [-0.05, 0) is 51.3 Å². The van der Waals surface area contributed by atoms with Crippen molar-refractivity contribution in [2.24, 2.45) is 5.73 Å². The number of hydrogen-bond donors (Lipinski definition) is 3. The van der Waals surface area contributed by atoms with Crippen LogP contribution < -0.4 is 11.1 Å². The summed E-state index contributed by atoms with van der Waals surface area (Å²) in [6.45, 7) is 5.80. The number of halogens is 1. The van der Waals surface area contributed by atoms with E-state index in [0.717, 1.165) is 5.56 Å². The van der Waals surface area contributed by atoms with E-state index in [2.05, 4.69) is 5.32 Å². The van der Waals surface area contributed by atoms with Crippen LogP contribution in [0.3, 0.4) is 0 Å². The van der Waals surface area contributed by atoms with Crippen LogP contribution in [0.25, 0.3) is 0 Å². The average Bonchev–Trinajstić information content (AvgIpc) is 2.33. The van der Waals surface area contributed by atoms with Crippen LogP contribution in [0.1, 0.15) is 39.2 Å². The quantitative estimate of drug-likeness (QED) is 0.797. The SMILES string of the molecule is CC(C)(C)OC(=O)Nc1cc(Cl)ccc1C1(CN)CC(O)C1. The number of nitrogens with two attached hydrogens (primary N) is 1. The Labute approximate surface area is 135 Å². The standard InChI is InChI=1S/C16H23ClN2O3/c1-15(2,3)22-14(21)19-13-6-10(17)4-5-12(13)16(9-18)7-11(20)8-16/h4-6,11,20H,7-9,18H2,1-3H3,(H,19,21). The van der Waals surface area contributed by atoms with Crippen LogP contribution in [0.2, 0.25) is 5.02 Å². The predicted octanol–water partition coefficient (Wildman–Crippen LogP) is 3.04. The molecule has 1 aliphatic rings. The molecule has 0 bridgehead atoms. The van der Waals surface area contributed by atoms with Gasteiger partial charge in [0, 0.05) is 22.7 Å². The van der Waals surface area contributed by atoms with Gasteiger partial charge in [0.2, 0.25) is 0 Å². The summed E-state index contributed by atoms with van der Waals surface area (Å²) in [4.78, 5) is 12.0. The highest BCUT2D eigenvalue weighted by Crippen LogP contribution is 2.46. The summed E-state index contributed by atoms with van der Waals surface area (Å²) < 4.78 is 5.28. The second kappa shape index (κ2) is 6.07. The first kappa shape index (κ1) is 17.1. The molecule has 0 aromatic heterocycles. The maximum absolute atomic E-state index is 12.0. The number of hydrogen-bond acceptors (Lipinski definition) is 4. The zero-order valence-corrected chi connectivity index (χ0v) is 13.9. The predicted molar refractivity (Wildman–Crippen MR) is 87.3 cm³/mol. The van der Waals surface area contributed by atoms with Crippen LogP contribution in [0.5, 0.6) is 0 Å². The minimum atomic E-state index is -0.582. The molecule has 5 nitrogen and oxygen atoms in total. The monoisotopic (exact) mass is 326 g/mol. The maximum Gasteiger partial charge on any atom is 0.412 e. The second-order valence-corrected chi connectivity index (χ2v) is 7.30. The van der Waals surface area contributed by atoms with Gasteiger partial charge in [0.15, 0.2) is 0 Å². The molecular weight excluding hydrogens is 304 g/mol. The Morgan fingerprint density at radius 1 is 1.50 bits per heavy atom. The lowest BCUT2D eigenvalue weighted by Crippen LogP contribution is -2.50. The molecule has 2 rings (SSSR count). The number of amides is 1. The molecule has 1 aromatic carbocycles. The number of rotatable bonds is 3. The van der Waals surface area contributed by atoms with Gasteiger partial charge in [0.05, 0.1) is 6.10 Å². The van der Waals surface area contributed by atoms with Gasteiger partial charge in [0.1, 0.15) is 5.60 Å². The Bertz CT molecular complexity index is 563. The number of nitrogens with one attached hydrogen (secondary N) is 1. The van der Waals surface area contributed by atoms with Gasteiger partial charge in [-0.1, -0.05) is 17.7 Å². The fraction of sp³-hybridized carbons (Fsp3) is 0.562. The Kier molecular flexibility index (Phi) is 4.70. The molecule has 1 fully saturated rings. The lowest BCUT2D eigenvalue weighted by atomic mass is 9.62. The third-order valence-electron chi connectivity index (χ3n) is 3.83. The number of aliphatic hydroxyl groups is 1. The molecule has 1 saturated carbocycles. The van der Waals surface area contributed by atoms with Crippen molar-refractivity contribution < 1.29 is 14.6 Å². The molecule has 0 atom stereocenters. The zero-order chi connectivity index (χ0) is 16.5. The molecule has 0 radical (unpaired) electrons. The van der Waals surface area contributed by atoms with Crippen molar-refractivity contribution >= 4 is 23.4 Å². The van der Waals surface area contributed by atoms with Crippen molar-refractivity contribution in [2.45, 2.75) is 50.7 Å².